The number of carboxylic acid groups (broad SMARTS) is 1. The Labute approximate surface area is 85.7 Å². The Hall–Kier alpha value is -1.49. The van der Waals surface area contributed by atoms with Crippen molar-refractivity contribution < 1.29 is 18.7 Å². The summed E-state index contributed by atoms with van der Waals surface area (Å²) >= 11 is 0. The van der Waals surface area contributed by atoms with Gasteiger partial charge in [0.1, 0.15) is 6.04 Å². The fraction of sp³-hybridized carbons (Fsp3) is 0.300. The van der Waals surface area contributed by atoms with Crippen molar-refractivity contribution in [3.05, 3.63) is 35.4 Å². The Morgan fingerprint density at radius 2 is 2.13 bits per heavy atom. The summed E-state index contributed by atoms with van der Waals surface area (Å²) in [6, 6.07) is 2.56. The van der Waals surface area contributed by atoms with Crippen LogP contribution in [0.5, 0.6) is 0 Å². The molecular weight excluding hydrogens is 204 g/mol. The summed E-state index contributed by atoms with van der Waals surface area (Å²) in [6.07, 6.45) is 0.114. The number of halogens is 2. The second-order valence-corrected chi connectivity index (χ2v) is 3.13. The lowest BCUT2D eigenvalue weighted by molar-refractivity contribution is -0.139. The van der Waals surface area contributed by atoms with Crippen LogP contribution in [0, 0.1) is 11.6 Å². The Morgan fingerprint density at radius 3 is 2.60 bits per heavy atom. The second kappa shape index (κ2) is 4.84. The van der Waals surface area contributed by atoms with E-state index in [4.69, 9.17) is 5.11 Å². The Kier molecular flexibility index (Phi) is 3.74. The minimum absolute atomic E-state index is 0.114. The highest BCUT2D eigenvalue weighted by Crippen LogP contribution is 2.10. The fourth-order valence-electron chi connectivity index (χ4n) is 1.22. The van der Waals surface area contributed by atoms with Gasteiger partial charge in [0.15, 0.2) is 11.6 Å². The molecule has 0 spiro atoms. The van der Waals surface area contributed by atoms with Crippen LogP contribution in [0.1, 0.15) is 5.56 Å². The molecule has 15 heavy (non-hydrogen) atoms. The molecule has 3 nitrogen and oxygen atoms in total. The first kappa shape index (κ1) is 11.6. The van der Waals surface area contributed by atoms with E-state index in [1.54, 1.807) is 0 Å². The summed E-state index contributed by atoms with van der Waals surface area (Å²) in [7, 11) is 1.50. The van der Waals surface area contributed by atoms with Crippen LogP contribution in [0.3, 0.4) is 0 Å². The molecule has 0 saturated heterocycles. The maximum atomic E-state index is 12.8. The van der Waals surface area contributed by atoms with E-state index in [1.165, 1.54) is 13.1 Å². The molecule has 1 aromatic carbocycles. The van der Waals surface area contributed by atoms with Crippen molar-refractivity contribution in [3.8, 4) is 0 Å². The average Bonchev–Trinajstić information content (AvgIpc) is 2.19. The van der Waals surface area contributed by atoms with Gasteiger partial charge in [0, 0.05) is 0 Å². The summed E-state index contributed by atoms with van der Waals surface area (Å²) in [5, 5.41) is 11.3. The summed E-state index contributed by atoms with van der Waals surface area (Å²) in [5.41, 5.74) is 0.440. The number of aliphatic carboxylic acids is 1. The standard InChI is InChI=1S/C10H11F2NO2/c1-13-9(10(14)15)5-6-2-3-7(11)8(12)4-6/h2-4,9,13H,5H2,1H3,(H,14,15). The van der Waals surface area contributed by atoms with Gasteiger partial charge in [-0.25, -0.2) is 8.78 Å². The van der Waals surface area contributed by atoms with Crippen LogP contribution in [-0.4, -0.2) is 24.2 Å². The fourth-order valence-corrected chi connectivity index (χ4v) is 1.22. The highest BCUT2D eigenvalue weighted by atomic mass is 19.2. The molecule has 1 rings (SSSR count). The van der Waals surface area contributed by atoms with Gasteiger partial charge in [0.05, 0.1) is 0 Å². The van der Waals surface area contributed by atoms with Gasteiger partial charge in [-0.15, -0.1) is 0 Å². The van der Waals surface area contributed by atoms with Crippen molar-refractivity contribution in [2.45, 2.75) is 12.5 Å². The maximum absolute atomic E-state index is 12.8. The number of nitrogens with one attached hydrogen (secondary N) is 1. The van der Waals surface area contributed by atoms with Crippen LogP contribution in [0.2, 0.25) is 0 Å². The van der Waals surface area contributed by atoms with E-state index in [2.05, 4.69) is 5.32 Å². The molecule has 5 heteroatoms. The molecule has 0 aromatic heterocycles. The Bertz CT molecular complexity index is 368. The molecule has 1 unspecified atom stereocenters. The largest absolute Gasteiger partial charge is 0.480 e. The summed E-state index contributed by atoms with van der Waals surface area (Å²) in [5.74, 6) is -2.93. The maximum Gasteiger partial charge on any atom is 0.321 e. The van der Waals surface area contributed by atoms with Crippen LogP contribution < -0.4 is 5.32 Å². The van der Waals surface area contributed by atoms with Crippen LogP contribution >= 0.6 is 0 Å². The molecule has 1 atom stereocenters. The first-order valence-electron chi connectivity index (χ1n) is 4.38. The monoisotopic (exact) mass is 215 g/mol. The first-order chi connectivity index (χ1) is 7.04. The molecule has 0 amide bonds. The summed E-state index contributed by atoms with van der Waals surface area (Å²) < 4.78 is 25.4. The summed E-state index contributed by atoms with van der Waals surface area (Å²) in [6.45, 7) is 0. The van der Waals surface area contributed by atoms with Crippen LogP contribution in [0.4, 0.5) is 8.78 Å². The molecule has 1 aromatic rings. The molecule has 0 fully saturated rings. The van der Waals surface area contributed by atoms with Gasteiger partial charge < -0.3 is 10.4 Å². The van der Waals surface area contributed by atoms with Crippen LogP contribution in [-0.2, 0) is 11.2 Å². The molecule has 0 bridgehead atoms. The molecule has 2 N–H and O–H groups in total. The average molecular weight is 215 g/mol. The Morgan fingerprint density at radius 1 is 1.47 bits per heavy atom. The molecule has 0 heterocycles. The van der Waals surface area contributed by atoms with Gasteiger partial charge in [-0.1, -0.05) is 6.07 Å². The zero-order valence-corrected chi connectivity index (χ0v) is 8.13. The van der Waals surface area contributed by atoms with Crippen molar-refractivity contribution in [2.24, 2.45) is 0 Å². The SMILES string of the molecule is CNC(Cc1ccc(F)c(F)c1)C(=O)O. The van der Waals surface area contributed by atoms with Gasteiger partial charge in [-0.3, -0.25) is 4.79 Å². The third-order valence-corrected chi connectivity index (χ3v) is 2.07. The number of hydrogen-bond acceptors (Lipinski definition) is 2. The molecule has 0 aliphatic heterocycles. The quantitative estimate of drug-likeness (QED) is 0.792. The zero-order chi connectivity index (χ0) is 11.4. The number of rotatable bonds is 4. The van der Waals surface area contributed by atoms with E-state index in [-0.39, 0.29) is 6.42 Å². The van der Waals surface area contributed by atoms with Crippen LogP contribution in [0.15, 0.2) is 18.2 Å². The second-order valence-electron chi connectivity index (χ2n) is 3.13. The first-order valence-corrected chi connectivity index (χ1v) is 4.38. The van der Waals surface area contributed by atoms with Crippen molar-refractivity contribution in [1.29, 1.82) is 0 Å². The third-order valence-electron chi connectivity index (χ3n) is 2.07. The predicted octanol–water partition coefficient (Wildman–Crippen LogP) is 1.18. The van der Waals surface area contributed by atoms with Gasteiger partial charge in [0.25, 0.3) is 0 Å². The van der Waals surface area contributed by atoms with Gasteiger partial charge in [-0.2, -0.15) is 0 Å². The number of benzene rings is 1. The van der Waals surface area contributed by atoms with E-state index < -0.39 is 23.6 Å². The third kappa shape index (κ3) is 2.99. The van der Waals surface area contributed by atoms with E-state index in [0.29, 0.717) is 5.56 Å². The minimum Gasteiger partial charge on any atom is -0.480 e. The topological polar surface area (TPSA) is 49.3 Å². The lowest BCUT2D eigenvalue weighted by atomic mass is 10.1. The number of likely N-dealkylation sites (N-methyl/N-ethyl adjacent to an activating group) is 1. The lowest BCUT2D eigenvalue weighted by Crippen LogP contribution is -2.35. The van der Waals surface area contributed by atoms with Gasteiger partial charge >= 0.3 is 5.97 Å². The van der Waals surface area contributed by atoms with E-state index in [0.717, 1.165) is 12.1 Å². The molecule has 82 valence electrons. The number of hydrogen-bond donors (Lipinski definition) is 2. The molecular formula is C10H11F2NO2. The number of carboxylic acids is 1. The van der Waals surface area contributed by atoms with E-state index >= 15 is 0 Å². The van der Waals surface area contributed by atoms with E-state index in [1.807, 2.05) is 0 Å². The van der Waals surface area contributed by atoms with Crippen molar-refractivity contribution in [2.75, 3.05) is 7.05 Å². The number of carbonyl (C=O) groups is 1. The van der Waals surface area contributed by atoms with Crippen molar-refractivity contribution in [1.82, 2.24) is 5.32 Å². The Balaban J connectivity index is 2.80. The highest BCUT2D eigenvalue weighted by molar-refractivity contribution is 5.73. The van der Waals surface area contributed by atoms with Crippen molar-refractivity contribution in [3.63, 3.8) is 0 Å². The van der Waals surface area contributed by atoms with Gasteiger partial charge in [0.2, 0.25) is 0 Å². The zero-order valence-electron chi connectivity index (χ0n) is 8.13. The molecule has 0 aliphatic carbocycles. The van der Waals surface area contributed by atoms with E-state index in [9.17, 15) is 13.6 Å². The lowest BCUT2D eigenvalue weighted by Gasteiger charge is -2.10. The smallest absolute Gasteiger partial charge is 0.321 e. The molecule has 0 saturated carbocycles. The minimum atomic E-state index is -1.03. The van der Waals surface area contributed by atoms with Crippen LogP contribution in [0.25, 0.3) is 0 Å². The highest BCUT2D eigenvalue weighted by Gasteiger charge is 2.15. The normalized spacial score (nSPS) is 12.5. The molecule has 0 radical (unpaired) electrons. The molecule has 0 aliphatic rings. The predicted molar refractivity (Wildman–Crippen MR) is 50.5 cm³/mol. The summed E-state index contributed by atoms with van der Waals surface area (Å²) in [4.78, 5) is 10.7. The van der Waals surface area contributed by atoms with Gasteiger partial charge in [-0.05, 0) is 31.2 Å². The van der Waals surface area contributed by atoms with Crippen molar-refractivity contribution >= 4 is 5.97 Å².